The third kappa shape index (κ3) is 9.57. The Kier molecular flexibility index (Phi) is 13.7. The van der Waals surface area contributed by atoms with Crippen LogP contribution in [0.5, 0.6) is 0 Å². The van der Waals surface area contributed by atoms with Gasteiger partial charge >= 0.3 is 7.12 Å². The average Bonchev–Trinajstić information content (AvgIpc) is 4.33. The van der Waals surface area contributed by atoms with Crippen LogP contribution >= 0.6 is 34.3 Å². The smallest absolute Gasteiger partial charge is 0.452 e. The number of para-hydroxylation sites is 2. The fourth-order valence-corrected chi connectivity index (χ4v) is 13.3. The number of hydrogen-bond acceptors (Lipinski definition) is 10. The Bertz CT molecular complexity index is 4860. The van der Waals surface area contributed by atoms with E-state index in [1.807, 2.05) is 89.4 Å². The maximum Gasteiger partial charge on any atom is 0.488 e. The number of rotatable bonds is 6. The van der Waals surface area contributed by atoms with Crippen molar-refractivity contribution >= 4 is 131 Å². The molecule has 12 heteroatoms. The molecule has 16 rings (SSSR count). The summed E-state index contributed by atoms with van der Waals surface area (Å²) in [5.41, 5.74) is 16.0. The van der Waals surface area contributed by atoms with E-state index in [9.17, 15) is 10.0 Å². The molecule has 0 fully saturated rings. The van der Waals surface area contributed by atoms with Gasteiger partial charge in [0.1, 0.15) is 40.5 Å². The molecule has 0 unspecified atom stereocenters. The second-order valence-electron chi connectivity index (χ2n) is 19.2. The third-order valence-corrected chi connectivity index (χ3v) is 17.1. The average molecular weight is 1110 g/mol. The van der Waals surface area contributed by atoms with E-state index in [4.69, 9.17) is 20.4 Å². The second-order valence-corrected chi connectivity index (χ2v) is 21.7. The molecule has 0 aliphatic carbocycles. The van der Waals surface area contributed by atoms with Crippen molar-refractivity contribution in [3.8, 4) is 55.8 Å². The van der Waals surface area contributed by atoms with E-state index in [2.05, 4.69) is 178 Å². The monoisotopic (exact) mass is 1100 g/mol. The minimum atomic E-state index is -1.46. The highest BCUT2D eigenvalue weighted by Crippen LogP contribution is 2.43. The van der Waals surface area contributed by atoms with Gasteiger partial charge in [0.2, 0.25) is 0 Å². The van der Waals surface area contributed by atoms with Crippen LogP contribution in [0.4, 0.5) is 0 Å². The summed E-state index contributed by atoms with van der Waals surface area (Å²) >= 11 is 9.57. The largest absolute Gasteiger partial charge is 0.488 e. The minimum absolute atomic E-state index is 0. The summed E-state index contributed by atoms with van der Waals surface area (Å²) in [7, 11) is -1.46. The molecule has 0 radical (unpaired) electrons. The number of thiophene rings is 2. The number of furan rings is 2. The summed E-state index contributed by atoms with van der Waals surface area (Å²) in [5, 5.41) is 26.5. The van der Waals surface area contributed by atoms with Crippen molar-refractivity contribution in [1.29, 1.82) is 0 Å². The molecule has 81 heavy (non-hydrogen) atoms. The highest BCUT2D eigenvalue weighted by Gasteiger charge is 2.18. The van der Waals surface area contributed by atoms with E-state index in [0.29, 0.717) is 16.2 Å². The molecule has 2 N–H and O–H groups in total. The standard InChI is InChI=1S/C34H20N2OS.C24H17BO2S.C10H5ClN2O.CH4/c1-3-16-29-28(13-1)32-33(37-29)31(35-20-36-32)24-11-6-9-22(19-24)21-8-5-10-23(18-21)25-14-7-15-27-26-12-2-4-17-30(26)38-34(25)27;26-25(27)19-9-4-7-17(15-19)16-6-3-8-18(14-16)20-11-5-12-22-21-10-1-2-13-23(21)28-24(20)22;11-10-9-8(12-5-13-10)6-3-1-2-4-7(6)14-9;/h1-20H;1-15,26-27H;1-5H;1H4. The molecular weight excluding hydrogens is 1060 g/mol. The van der Waals surface area contributed by atoms with Crippen molar-refractivity contribution in [2.75, 3.05) is 0 Å². The van der Waals surface area contributed by atoms with Gasteiger partial charge in [-0.15, -0.1) is 22.7 Å². The van der Waals surface area contributed by atoms with Crippen molar-refractivity contribution in [3.63, 3.8) is 0 Å². The predicted octanol–water partition coefficient (Wildman–Crippen LogP) is 18.5. The minimum Gasteiger partial charge on any atom is -0.452 e. The molecule has 0 saturated heterocycles. The number of nitrogens with zero attached hydrogens (tertiary/aromatic N) is 4. The molecule has 0 spiro atoms. The topological polar surface area (TPSA) is 118 Å². The Morgan fingerprint density at radius 1 is 0.370 bits per heavy atom. The second kappa shape index (κ2) is 21.7. The number of fused-ring (bicyclic) bond motifs is 12. The Balaban J connectivity index is 0.000000125. The highest BCUT2D eigenvalue weighted by atomic mass is 35.5. The molecule has 0 atom stereocenters. The summed E-state index contributed by atoms with van der Waals surface area (Å²) in [5.74, 6) is 0. The van der Waals surface area contributed by atoms with E-state index in [0.717, 1.165) is 77.6 Å². The van der Waals surface area contributed by atoms with Gasteiger partial charge in [-0.25, -0.2) is 19.9 Å². The lowest BCUT2D eigenvalue weighted by Crippen LogP contribution is -2.29. The first kappa shape index (κ1) is 51.1. The lowest BCUT2D eigenvalue weighted by Gasteiger charge is -2.09. The van der Waals surface area contributed by atoms with E-state index >= 15 is 0 Å². The van der Waals surface area contributed by atoms with Crippen LogP contribution < -0.4 is 5.46 Å². The van der Waals surface area contributed by atoms with Gasteiger partial charge in [0.25, 0.3) is 0 Å². The Labute approximate surface area is 478 Å². The van der Waals surface area contributed by atoms with Gasteiger partial charge in [-0.1, -0.05) is 195 Å². The van der Waals surface area contributed by atoms with Gasteiger partial charge in [-0.05, 0) is 105 Å². The first-order valence-corrected chi connectivity index (χ1v) is 27.9. The van der Waals surface area contributed by atoms with Crippen molar-refractivity contribution in [2.24, 2.45) is 0 Å². The normalized spacial score (nSPS) is 11.3. The van der Waals surface area contributed by atoms with Gasteiger partial charge in [-0.2, -0.15) is 0 Å². The molecule has 6 heterocycles. The number of aromatic nitrogens is 4. The van der Waals surface area contributed by atoms with Crippen LogP contribution in [0.2, 0.25) is 5.15 Å². The van der Waals surface area contributed by atoms with Crippen molar-refractivity contribution in [3.05, 3.63) is 248 Å². The first-order valence-electron chi connectivity index (χ1n) is 25.9. The maximum atomic E-state index is 9.47. The molecule has 388 valence electrons. The molecule has 0 aliphatic heterocycles. The van der Waals surface area contributed by atoms with Crippen LogP contribution in [0.15, 0.2) is 252 Å². The summed E-state index contributed by atoms with van der Waals surface area (Å²) in [6.07, 6.45) is 3.06. The van der Waals surface area contributed by atoms with Gasteiger partial charge < -0.3 is 18.9 Å². The van der Waals surface area contributed by atoms with E-state index in [-0.39, 0.29) is 7.43 Å². The van der Waals surface area contributed by atoms with Crippen molar-refractivity contribution in [2.45, 2.75) is 7.43 Å². The molecule has 0 bridgehead atoms. The lowest BCUT2D eigenvalue weighted by molar-refractivity contribution is 0.426. The Morgan fingerprint density at radius 2 is 0.778 bits per heavy atom. The fraction of sp³-hybridized carbons (Fsp3) is 0.0145. The van der Waals surface area contributed by atoms with E-state index < -0.39 is 7.12 Å². The summed E-state index contributed by atoms with van der Waals surface area (Å²) in [4.78, 5) is 17.1. The van der Waals surface area contributed by atoms with E-state index in [1.54, 1.807) is 12.4 Å². The van der Waals surface area contributed by atoms with E-state index in [1.165, 1.54) is 63.4 Å². The number of hydrogen-bond donors (Lipinski definition) is 2. The van der Waals surface area contributed by atoms with Crippen molar-refractivity contribution in [1.82, 2.24) is 19.9 Å². The number of halogens is 1. The SMILES string of the molecule is C.Clc1ncnc2c1oc1ccccc12.OB(O)c1cccc(-c2cccc(-c3cccc4c3sc3ccccc34)c2)c1.c1cc(-c2cccc(-c3cccc4c3sc3ccccc34)c2)cc(-c2ncnc3c2oc2ccccc23)c1. The molecular formula is C69H46BClN4O4S2. The molecule has 0 aliphatic rings. The Morgan fingerprint density at radius 3 is 1.33 bits per heavy atom. The summed E-state index contributed by atoms with van der Waals surface area (Å²) in [6, 6.07) is 79.0. The summed E-state index contributed by atoms with van der Waals surface area (Å²) < 4.78 is 17.0. The summed E-state index contributed by atoms with van der Waals surface area (Å²) in [6.45, 7) is 0. The van der Waals surface area contributed by atoms with Crippen LogP contribution in [0.1, 0.15) is 7.43 Å². The molecule has 10 aromatic carbocycles. The zero-order valence-corrected chi connectivity index (χ0v) is 44.8. The van der Waals surface area contributed by atoms with Crippen LogP contribution in [-0.4, -0.2) is 37.1 Å². The zero-order chi connectivity index (χ0) is 53.7. The lowest BCUT2D eigenvalue weighted by atomic mass is 9.79. The van der Waals surface area contributed by atoms with Gasteiger partial charge in [0.05, 0.1) is 0 Å². The maximum absolute atomic E-state index is 9.47. The highest BCUT2D eigenvalue weighted by molar-refractivity contribution is 7.26. The molecule has 0 amide bonds. The zero-order valence-electron chi connectivity index (χ0n) is 42.4. The molecule has 16 aromatic rings. The van der Waals surface area contributed by atoms with Gasteiger partial charge in [-0.3, -0.25) is 0 Å². The first-order chi connectivity index (χ1) is 39.4. The quantitative estimate of drug-likeness (QED) is 0.125. The molecule has 0 saturated carbocycles. The van der Waals surface area contributed by atoms with Crippen LogP contribution in [0.25, 0.3) is 140 Å². The Hall–Kier alpha value is -9.33. The van der Waals surface area contributed by atoms with Crippen molar-refractivity contribution < 1.29 is 18.9 Å². The van der Waals surface area contributed by atoms with Crippen LogP contribution in [0, 0.1) is 0 Å². The number of benzene rings is 10. The third-order valence-electron chi connectivity index (χ3n) is 14.4. The van der Waals surface area contributed by atoms with Gasteiger partial charge in [0.15, 0.2) is 16.3 Å². The van der Waals surface area contributed by atoms with Crippen LogP contribution in [0.3, 0.4) is 0 Å². The fourth-order valence-electron chi connectivity index (χ4n) is 10.6. The molecule has 6 aromatic heterocycles. The van der Waals surface area contributed by atoms with Crippen LogP contribution in [-0.2, 0) is 0 Å². The molecule has 8 nitrogen and oxygen atoms in total. The predicted molar refractivity (Wildman–Crippen MR) is 340 cm³/mol. The van der Waals surface area contributed by atoms with Gasteiger partial charge in [0, 0.05) is 56.7 Å².